The lowest BCUT2D eigenvalue weighted by atomic mass is 9.67. The first-order valence-electron chi connectivity index (χ1n) is 13.0. The zero-order valence-electron chi connectivity index (χ0n) is 21.7. The van der Waals surface area contributed by atoms with Crippen LogP contribution in [0.3, 0.4) is 0 Å². The maximum atomic E-state index is 14.4. The molecule has 2 aromatic rings. The van der Waals surface area contributed by atoms with E-state index in [0.717, 1.165) is 11.1 Å². The molecule has 5 nitrogen and oxygen atoms in total. The van der Waals surface area contributed by atoms with Crippen LogP contribution in [-0.4, -0.2) is 36.6 Å². The van der Waals surface area contributed by atoms with Gasteiger partial charge in [-0.3, -0.25) is 4.79 Å². The van der Waals surface area contributed by atoms with Crippen LogP contribution in [0.4, 0.5) is 0 Å². The summed E-state index contributed by atoms with van der Waals surface area (Å²) in [4.78, 5) is 16.3. The first-order chi connectivity index (χ1) is 17.5. The number of likely N-dealkylation sites (tertiary alicyclic amines) is 1. The number of hydrogen-bond donors (Lipinski definition) is 1. The third-order valence-electron chi connectivity index (χ3n) is 7.85. The van der Waals surface area contributed by atoms with E-state index in [2.05, 4.69) is 17.4 Å². The van der Waals surface area contributed by atoms with Crippen molar-refractivity contribution in [2.75, 3.05) is 0 Å². The highest BCUT2D eigenvalue weighted by Gasteiger charge is 2.52. The maximum absolute atomic E-state index is 14.4. The average molecular weight is 564 g/mol. The minimum atomic E-state index is -3.43. The number of carbonyl (C=O) groups is 1. The fraction of sp³-hybridized carbons (Fsp3) is 0.483. The van der Waals surface area contributed by atoms with Gasteiger partial charge < -0.3 is 4.90 Å². The van der Waals surface area contributed by atoms with E-state index in [-0.39, 0.29) is 29.2 Å². The van der Waals surface area contributed by atoms with E-state index >= 15 is 0 Å². The van der Waals surface area contributed by atoms with Crippen LogP contribution < -0.4 is 4.72 Å². The quantitative estimate of drug-likeness (QED) is 0.321. The number of allylic oxidation sites excluding steroid dienone is 1. The van der Waals surface area contributed by atoms with Gasteiger partial charge in [0, 0.05) is 28.0 Å². The van der Waals surface area contributed by atoms with Crippen LogP contribution in [0.15, 0.2) is 61.2 Å². The molecule has 200 valence electrons. The molecule has 1 N–H and O–H groups in total. The van der Waals surface area contributed by atoms with Crippen LogP contribution in [-0.2, 0) is 14.8 Å². The van der Waals surface area contributed by atoms with E-state index in [0.29, 0.717) is 42.1 Å². The van der Waals surface area contributed by atoms with Gasteiger partial charge in [0.05, 0.1) is 16.7 Å². The summed E-state index contributed by atoms with van der Waals surface area (Å²) in [7, 11) is -3.43. The first kappa shape index (κ1) is 28.2. The molecule has 2 fully saturated rings. The van der Waals surface area contributed by atoms with Gasteiger partial charge in [-0.2, -0.15) is 0 Å². The lowest BCUT2D eigenvalue weighted by Crippen LogP contribution is -2.60. The summed E-state index contributed by atoms with van der Waals surface area (Å²) in [5.41, 5.74) is 1.31. The van der Waals surface area contributed by atoms with E-state index in [1.807, 2.05) is 68.1 Å². The van der Waals surface area contributed by atoms with Crippen molar-refractivity contribution in [1.29, 1.82) is 0 Å². The second kappa shape index (κ2) is 11.1. The number of hydrogen-bond acceptors (Lipinski definition) is 3. The van der Waals surface area contributed by atoms with Crippen molar-refractivity contribution in [3.8, 4) is 0 Å². The van der Waals surface area contributed by atoms with Gasteiger partial charge in [-0.25, -0.2) is 13.1 Å². The summed E-state index contributed by atoms with van der Waals surface area (Å²) in [5, 5.41) is 0.923. The summed E-state index contributed by atoms with van der Waals surface area (Å²) in [5.74, 6) is -0.0567. The smallest absolute Gasteiger partial charge is 0.229 e. The lowest BCUT2D eigenvalue weighted by Gasteiger charge is -2.53. The number of amides is 1. The number of benzene rings is 2. The second-order valence-corrected chi connectivity index (χ2v) is 13.6. The Morgan fingerprint density at radius 1 is 1.14 bits per heavy atom. The second-order valence-electron chi connectivity index (χ2n) is 10.8. The number of piperidine rings is 1. The van der Waals surface area contributed by atoms with Gasteiger partial charge in [0.1, 0.15) is 0 Å². The van der Waals surface area contributed by atoms with Gasteiger partial charge in [0.15, 0.2) is 0 Å². The van der Waals surface area contributed by atoms with Gasteiger partial charge >= 0.3 is 0 Å². The predicted octanol–water partition coefficient (Wildman–Crippen LogP) is 6.88. The highest BCUT2D eigenvalue weighted by atomic mass is 35.5. The molecule has 8 heteroatoms. The topological polar surface area (TPSA) is 66.5 Å². The number of nitrogens with one attached hydrogen (secondary N) is 1. The molecule has 5 unspecified atom stereocenters. The van der Waals surface area contributed by atoms with Crippen LogP contribution in [0.1, 0.15) is 76.0 Å². The third-order valence-corrected chi connectivity index (χ3v) is 10.4. The zero-order valence-corrected chi connectivity index (χ0v) is 24.0. The summed E-state index contributed by atoms with van der Waals surface area (Å²) in [6.07, 6.45) is 4.89. The fourth-order valence-corrected chi connectivity index (χ4v) is 7.81. The summed E-state index contributed by atoms with van der Waals surface area (Å²) in [6, 6.07) is 14.3. The van der Waals surface area contributed by atoms with Crippen molar-refractivity contribution >= 4 is 39.1 Å². The minimum Gasteiger partial charge on any atom is -0.330 e. The van der Waals surface area contributed by atoms with E-state index < -0.39 is 21.5 Å². The van der Waals surface area contributed by atoms with Crippen LogP contribution in [0.5, 0.6) is 0 Å². The minimum absolute atomic E-state index is 0.00921. The van der Waals surface area contributed by atoms with Crippen LogP contribution in [0.25, 0.3) is 0 Å². The van der Waals surface area contributed by atoms with Crippen molar-refractivity contribution in [3.05, 3.63) is 82.4 Å². The number of nitrogens with zero attached hydrogens (tertiary/aromatic N) is 1. The average Bonchev–Trinajstić information content (AvgIpc) is 3.69. The van der Waals surface area contributed by atoms with Gasteiger partial charge in [-0.05, 0) is 74.4 Å². The van der Waals surface area contributed by atoms with Crippen molar-refractivity contribution in [2.24, 2.45) is 5.41 Å². The molecule has 1 saturated heterocycles. The largest absolute Gasteiger partial charge is 0.330 e. The molecule has 2 aromatic carbocycles. The van der Waals surface area contributed by atoms with Crippen molar-refractivity contribution in [2.45, 2.75) is 82.2 Å². The van der Waals surface area contributed by atoms with Gasteiger partial charge in [0.25, 0.3) is 0 Å². The Morgan fingerprint density at radius 2 is 1.81 bits per heavy atom. The molecule has 0 spiro atoms. The van der Waals surface area contributed by atoms with Crippen LogP contribution in [0.2, 0.25) is 10.0 Å². The van der Waals surface area contributed by atoms with Crippen LogP contribution >= 0.6 is 23.2 Å². The molecule has 4 rings (SSSR count). The predicted molar refractivity (Wildman–Crippen MR) is 151 cm³/mol. The van der Waals surface area contributed by atoms with E-state index in [4.69, 9.17) is 23.2 Å². The maximum Gasteiger partial charge on any atom is 0.229 e. The Bertz CT molecular complexity index is 1250. The van der Waals surface area contributed by atoms with E-state index in [9.17, 15) is 13.2 Å². The first-order valence-corrected chi connectivity index (χ1v) is 15.3. The Balaban J connectivity index is 1.86. The van der Waals surface area contributed by atoms with Crippen molar-refractivity contribution in [3.63, 3.8) is 0 Å². The Labute approximate surface area is 231 Å². The molecule has 1 aliphatic heterocycles. The Morgan fingerprint density at radius 3 is 2.38 bits per heavy atom. The number of sulfonamides is 1. The molecular weight excluding hydrogens is 527 g/mol. The number of carbonyl (C=O) groups excluding carboxylic acids is 1. The molecular formula is C29H36Cl2N2O3S. The molecule has 37 heavy (non-hydrogen) atoms. The molecule has 1 amide bonds. The van der Waals surface area contributed by atoms with E-state index in [1.165, 1.54) is 0 Å². The van der Waals surface area contributed by atoms with Crippen molar-refractivity contribution in [1.82, 2.24) is 9.62 Å². The number of halogens is 2. The van der Waals surface area contributed by atoms with Gasteiger partial charge in [0.2, 0.25) is 15.9 Å². The van der Waals surface area contributed by atoms with E-state index in [1.54, 1.807) is 6.08 Å². The molecule has 0 bridgehead atoms. The summed E-state index contributed by atoms with van der Waals surface area (Å²) >= 11 is 12.7. The molecule has 2 aliphatic rings. The normalized spacial score (nSPS) is 26.1. The molecule has 0 aromatic heterocycles. The molecule has 1 aliphatic carbocycles. The summed E-state index contributed by atoms with van der Waals surface area (Å²) < 4.78 is 28.7. The number of rotatable bonds is 10. The standard InChI is InChI=1S/C29H36Cl2N2O3S/c1-5-16-29(4)18-25(21-8-7-9-23(31)17-21)27(20-10-12-22(30)13-11-20)33(28(29)34)26(6-2)19(3)32-37(35,36)24-14-15-24/h5,7-13,17,19,24-27,32H,1,6,14-16,18H2,2-4H3. The van der Waals surface area contributed by atoms with Gasteiger partial charge in [-0.1, -0.05) is 67.4 Å². The van der Waals surface area contributed by atoms with Crippen LogP contribution in [0, 0.1) is 5.41 Å². The zero-order chi connectivity index (χ0) is 27.0. The Kier molecular flexibility index (Phi) is 8.44. The van der Waals surface area contributed by atoms with Gasteiger partial charge in [-0.15, -0.1) is 6.58 Å². The molecule has 5 atom stereocenters. The SMILES string of the molecule is C=CCC1(C)CC(c2cccc(Cl)c2)C(c2ccc(Cl)cc2)N(C(CC)C(C)NS(=O)(=O)C2CC2)C1=O. The lowest BCUT2D eigenvalue weighted by molar-refractivity contribution is -0.155. The highest BCUT2D eigenvalue weighted by Crippen LogP contribution is 2.52. The third kappa shape index (κ3) is 5.93. The Hall–Kier alpha value is -1.86. The van der Waals surface area contributed by atoms with Crippen molar-refractivity contribution < 1.29 is 13.2 Å². The highest BCUT2D eigenvalue weighted by molar-refractivity contribution is 7.90. The monoisotopic (exact) mass is 562 g/mol. The molecule has 1 saturated carbocycles. The fourth-order valence-electron chi connectivity index (χ4n) is 5.86. The summed E-state index contributed by atoms with van der Waals surface area (Å²) in [6.45, 7) is 9.80. The molecule has 0 radical (unpaired) electrons. The molecule has 1 heterocycles.